The first kappa shape index (κ1) is 26.4. The molecule has 1 aliphatic rings. The minimum atomic E-state index is -0.616. The summed E-state index contributed by atoms with van der Waals surface area (Å²) >= 11 is 0. The van der Waals surface area contributed by atoms with Crippen LogP contribution in [-0.2, 0) is 21.6 Å². The second kappa shape index (κ2) is 11.5. The van der Waals surface area contributed by atoms with Crippen molar-refractivity contribution in [3.05, 3.63) is 96.4 Å². The Kier molecular flexibility index (Phi) is 8.64. The quantitative estimate of drug-likeness (QED) is 0.324. The third-order valence-corrected chi connectivity index (χ3v) is 5.87. The largest absolute Gasteiger partial charge is 1.00 e. The van der Waals surface area contributed by atoms with Gasteiger partial charge in [-0.2, -0.15) is 0 Å². The number of carbonyl (C=O) groups excluding carboxylic acids is 2. The molecule has 8 heteroatoms. The maximum absolute atomic E-state index is 12.2. The van der Waals surface area contributed by atoms with Crippen molar-refractivity contribution in [2.45, 2.75) is 24.9 Å². The molecule has 1 saturated carbocycles. The van der Waals surface area contributed by atoms with E-state index in [0.29, 0.717) is 5.69 Å². The number of anilines is 1. The van der Waals surface area contributed by atoms with E-state index in [9.17, 15) is 9.59 Å². The Morgan fingerprint density at radius 3 is 2.14 bits per heavy atom. The van der Waals surface area contributed by atoms with Gasteiger partial charge in [0.25, 0.3) is 0 Å². The average molecular weight is 477 g/mol. The first-order valence-corrected chi connectivity index (χ1v) is 10.7. The maximum Gasteiger partial charge on any atom is 1.00 e. The van der Waals surface area contributed by atoms with E-state index in [-0.39, 0.29) is 52.9 Å². The summed E-state index contributed by atoms with van der Waals surface area (Å²) < 4.78 is 10.6. The van der Waals surface area contributed by atoms with E-state index in [1.807, 2.05) is 78.9 Å². The Morgan fingerprint density at radius 1 is 0.943 bits per heavy atom. The van der Waals surface area contributed by atoms with Gasteiger partial charge >= 0.3 is 35.7 Å². The Morgan fingerprint density at radius 2 is 1.54 bits per heavy atom. The van der Waals surface area contributed by atoms with E-state index >= 15 is 0 Å². The van der Waals surface area contributed by atoms with Crippen molar-refractivity contribution in [1.82, 2.24) is 4.98 Å². The van der Waals surface area contributed by atoms with Crippen LogP contribution in [0.25, 0.3) is 22.4 Å². The van der Waals surface area contributed by atoms with Gasteiger partial charge in [-0.25, -0.2) is 9.78 Å². The zero-order valence-corrected chi connectivity index (χ0v) is 21.2. The second-order valence-corrected chi connectivity index (χ2v) is 8.06. The number of nitrogens with one attached hydrogen (secondary N) is 1. The van der Waals surface area contributed by atoms with Crippen molar-refractivity contribution < 1.29 is 53.8 Å². The van der Waals surface area contributed by atoms with Crippen molar-refractivity contribution in [3.8, 4) is 22.4 Å². The first-order chi connectivity index (χ1) is 16.2. The first-order valence-electron chi connectivity index (χ1n) is 10.7. The van der Waals surface area contributed by atoms with Crippen molar-refractivity contribution in [3.63, 3.8) is 0 Å². The molecule has 172 valence electrons. The summed E-state index contributed by atoms with van der Waals surface area (Å²) in [6, 6.07) is 25.3. The SMILES string of the molecule is O=[C-]C1(c2ccc(-c3ccc(-c4ncoc4NC(=O)OCc4ccccc4)cc3)cc2)CC1.[Na+].[OH-]. The third-order valence-electron chi connectivity index (χ3n) is 5.87. The molecule has 1 aliphatic carbocycles. The van der Waals surface area contributed by atoms with Crippen molar-refractivity contribution in [2.24, 2.45) is 0 Å². The van der Waals surface area contributed by atoms with Crippen LogP contribution in [0, 0.1) is 0 Å². The van der Waals surface area contributed by atoms with Crippen LogP contribution in [0.2, 0.25) is 0 Å². The van der Waals surface area contributed by atoms with Crippen LogP contribution in [0.15, 0.2) is 89.7 Å². The van der Waals surface area contributed by atoms with Crippen LogP contribution in [0.5, 0.6) is 0 Å². The molecule has 0 saturated heterocycles. The summed E-state index contributed by atoms with van der Waals surface area (Å²) in [7, 11) is 0. The summed E-state index contributed by atoms with van der Waals surface area (Å²) in [5, 5.41) is 2.62. The van der Waals surface area contributed by atoms with Crippen molar-refractivity contribution in [1.29, 1.82) is 0 Å². The Hall–Kier alpha value is -3.23. The van der Waals surface area contributed by atoms with Crippen LogP contribution in [-0.4, -0.2) is 22.8 Å². The molecule has 1 fully saturated rings. The molecule has 4 aromatic rings. The number of aromatic nitrogens is 1. The molecule has 0 radical (unpaired) electrons. The number of hydrogen-bond acceptors (Lipinski definition) is 6. The van der Waals surface area contributed by atoms with E-state index < -0.39 is 6.09 Å². The predicted octanol–water partition coefficient (Wildman–Crippen LogP) is 2.73. The van der Waals surface area contributed by atoms with E-state index in [1.165, 1.54) is 6.39 Å². The monoisotopic (exact) mass is 477 g/mol. The van der Waals surface area contributed by atoms with Crippen LogP contribution < -0.4 is 34.9 Å². The third kappa shape index (κ3) is 5.89. The standard InChI is InChI=1S/C27H21N2O4.Na.H2O/c30-17-27(14-15-27)23-12-10-21(11-13-23)20-6-8-22(9-7-20)24-25(33-18-28-24)29-26(31)32-16-19-4-2-1-3-5-19;;/h1-13,18H,14-16H2,(H,29,31);;1H2/q-1;+1;/p-1. The fourth-order valence-corrected chi connectivity index (χ4v) is 3.77. The molecule has 2 N–H and O–H groups in total. The summed E-state index contributed by atoms with van der Waals surface area (Å²) in [5.74, 6) is 0.227. The van der Waals surface area contributed by atoms with Gasteiger partial charge < -0.3 is 19.4 Å². The van der Waals surface area contributed by atoms with Crippen molar-refractivity contribution >= 4 is 18.3 Å². The molecule has 5 rings (SSSR count). The van der Waals surface area contributed by atoms with Gasteiger partial charge in [0.15, 0.2) is 6.39 Å². The molecule has 0 aliphatic heterocycles. The molecule has 0 spiro atoms. The van der Waals surface area contributed by atoms with Gasteiger partial charge in [0.1, 0.15) is 12.3 Å². The summed E-state index contributed by atoms with van der Waals surface area (Å²) in [6.07, 6.45) is 4.60. The molecular formula is C27H22N2NaO5-. The number of nitrogens with zero attached hydrogens (tertiary/aromatic N) is 1. The molecule has 1 aromatic heterocycles. The average Bonchev–Trinajstić information content (AvgIpc) is 3.55. The van der Waals surface area contributed by atoms with E-state index in [2.05, 4.69) is 16.6 Å². The maximum atomic E-state index is 12.2. The van der Waals surface area contributed by atoms with Crippen LogP contribution in [0.1, 0.15) is 24.0 Å². The van der Waals surface area contributed by atoms with Crippen molar-refractivity contribution in [2.75, 3.05) is 5.32 Å². The zero-order chi connectivity index (χ0) is 22.7. The van der Waals surface area contributed by atoms with E-state index in [0.717, 1.165) is 40.7 Å². The number of hydrogen-bond donors (Lipinski definition) is 1. The van der Waals surface area contributed by atoms with Gasteiger partial charge in [0.05, 0.1) is 0 Å². The Labute approximate surface area is 225 Å². The summed E-state index contributed by atoms with van der Waals surface area (Å²) in [4.78, 5) is 27.6. The fraction of sp³-hybridized carbons (Fsp3) is 0.148. The van der Waals surface area contributed by atoms with Gasteiger partial charge in [-0.3, -0.25) is 11.6 Å². The van der Waals surface area contributed by atoms with Crippen LogP contribution in [0.3, 0.4) is 0 Å². The van der Waals surface area contributed by atoms with Gasteiger partial charge in [0, 0.05) is 5.56 Å². The molecule has 7 nitrogen and oxygen atoms in total. The summed E-state index contributed by atoms with van der Waals surface area (Å²) in [6.45, 7) is 0.162. The number of benzene rings is 3. The van der Waals surface area contributed by atoms with E-state index in [4.69, 9.17) is 9.15 Å². The Bertz CT molecular complexity index is 1270. The van der Waals surface area contributed by atoms with Gasteiger partial charge in [-0.05, 0) is 16.7 Å². The Balaban J connectivity index is 0.00000171. The fourth-order valence-electron chi connectivity index (χ4n) is 3.77. The molecule has 0 unspecified atom stereocenters. The van der Waals surface area contributed by atoms with Gasteiger partial charge in [-0.15, -0.1) is 5.41 Å². The van der Waals surface area contributed by atoms with Crippen LogP contribution >= 0.6 is 0 Å². The normalized spacial score (nSPS) is 13.0. The number of carbonyl (C=O) groups is 1. The minimum absolute atomic E-state index is 0. The number of rotatable bonds is 7. The number of ether oxygens (including phenoxy) is 1. The predicted molar refractivity (Wildman–Crippen MR) is 126 cm³/mol. The smallest absolute Gasteiger partial charge is 0.870 e. The van der Waals surface area contributed by atoms with Crippen LogP contribution in [0.4, 0.5) is 10.7 Å². The minimum Gasteiger partial charge on any atom is -0.870 e. The summed E-state index contributed by atoms with van der Waals surface area (Å²) in [5.41, 5.74) is 4.93. The second-order valence-electron chi connectivity index (χ2n) is 8.06. The molecule has 35 heavy (non-hydrogen) atoms. The van der Waals surface area contributed by atoms with E-state index in [1.54, 1.807) is 0 Å². The molecule has 1 heterocycles. The molecule has 1 amide bonds. The zero-order valence-electron chi connectivity index (χ0n) is 19.2. The number of oxazole rings is 1. The molecule has 0 bridgehead atoms. The molecular weight excluding hydrogens is 455 g/mol. The topological polar surface area (TPSA) is 111 Å². The van der Waals surface area contributed by atoms with Gasteiger partial charge in [0.2, 0.25) is 5.88 Å². The molecule has 3 aromatic carbocycles. The van der Waals surface area contributed by atoms with Gasteiger partial charge in [-0.1, -0.05) is 97.3 Å². The molecule has 0 atom stereocenters. The number of amides is 1.